The molecule has 0 saturated heterocycles. The van der Waals surface area contributed by atoms with Gasteiger partial charge in [0.15, 0.2) is 12.4 Å². The average molecular weight is 400 g/mol. The number of benzene rings is 2. The number of amides is 1. The summed E-state index contributed by atoms with van der Waals surface area (Å²) in [6.07, 6.45) is -0.469. The number of carbonyl (C=O) groups is 4. The van der Waals surface area contributed by atoms with Crippen LogP contribution in [0.4, 0.5) is 11.4 Å². The van der Waals surface area contributed by atoms with Crippen LogP contribution >= 0.6 is 0 Å². The number of non-ortho nitro benzene ring substituents is 1. The number of hydrogen-bond donors (Lipinski definition) is 2. The van der Waals surface area contributed by atoms with Gasteiger partial charge in [-0.15, -0.1) is 0 Å². The molecule has 0 spiro atoms. The van der Waals surface area contributed by atoms with Gasteiger partial charge in [-0.05, 0) is 36.4 Å². The van der Waals surface area contributed by atoms with E-state index in [1.54, 1.807) is 0 Å². The quantitative estimate of drug-likeness (QED) is 0.282. The van der Waals surface area contributed by atoms with Crippen molar-refractivity contribution in [1.29, 1.82) is 0 Å². The molecule has 0 heterocycles. The first kappa shape index (κ1) is 21.2. The fourth-order valence-electron chi connectivity index (χ4n) is 2.20. The number of rotatable bonds is 9. The lowest BCUT2D eigenvalue weighted by Gasteiger charge is -2.07. The van der Waals surface area contributed by atoms with E-state index in [9.17, 15) is 29.3 Å². The Kier molecular flexibility index (Phi) is 7.13. The van der Waals surface area contributed by atoms with Crippen LogP contribution in [0.5, 0.6) is 0 Å². The molecule has 0 fully saturated rings. The molecular weight excluding hydrogens is 384 g/mol. The van der Waals surface area contributed by atoms with Gasteiger partial charge < -0.3 is 15.2 Å². The van der Waals surface area contributed by atoms with Gasteiger partial charge in [0, 0.05) is 29.8 Å². The molecule has 1 amide bonds. The van der Waals surface area contributed by atoms with Crippen LogP contribution in [0.25, 0.3) is 0 Å². The number of hydrogen-bond acceptors (Lipinski definition) is 7. The summed E-state index contributed by atoms with van der Waals surface area (Å²) in [6, 6.07) is 10.5. The maximum absolute atomic E-state index is 12.0. The first-order chi connectivity index (χ1) is 13.8. The third-order valence-electron chi connectivity index (χ3n) is 3.70. The monoisotopic (exact) mass is 400 g/mol. The van der Waals surface area contributed by atoms with Crippen LogP contribution in [0.15, 0.2) is 48.5 Å². The predicted octanol–water partition coefficient (Wildman–Crippen LogP) is 2.44. The smallest absolute Gasteiger partial charge is 0.338 e. The van der Waals surface area contributed by atoms with Gasteiger partial charge in [0.05, 0.1) is 16.9 Å². The van der Waals surface area contributed by atoms with Crippen molar-refractivity contribution in [2.45, 2.75) is 12.8 Å². The molecule has 0 saturated carbocycles. The Bertz CT molecular complexity index is 936. The molecule has 0 radical (unpaired) electrons. The zero-order valence-corrected chi connectivity index (χ0v) is 15.0. The van der Waals surface area contributed by atoms with Crippen LogP contribution in [0.3, 0.4) is 0 Å². The molecule has 2 aromatic rings. The minimum absolute atomic E-state index is 0.144. The number of carboxylic acid groups (broad SMARTS) is 1. The number of esters is 1. The minimum atomic E-state index is -1.08. The fourth-order valence-corrected chi connectivity index (χ4v) is 2.20. The Morgan fingerprint density at radius 2 is 1.52 bits per heavy atom. The van der Waals surface area contributed by atoms with Gasteiger partial charge >= 0.3 is 11.9 Å². The second-order valence-electron chi connectivity index (χ2n) is 5.82. The van der Waals surface area contributed by atoms with Crippen molar-refractivity contribution in [2.24, 2.45) is 0 Å². The highest BCUT2D eigenvalue weighted by molar-refractivity contribution is 5.99. The van der Waals surface area contributed by atoms with Crippen LogP contribution in [-0.4, -0.2) is 40.3 Å². The van der Waals surface area contributed by atoms with Crippen LogP contribution in [0.2, 0.25) is 0 Å². The summed E-state index contributed by atoms with van der Waals surface area (Å²) >= 11 is 0. The molecule has 150 valence electrons. The number of ether oxygens (including phenoxy) is 1. The number of Topliss-reactive ketones (excluding diaryl/α,β-unsaturated/α-hetero) is 1. The number of ketones is 1. The third kappa shape index (κ3) is 6.54. The number of aliphatic carboxylic acids is 1. The summed E-state index contributed by atoms with van der Waals surface area (Å²) in [4.78, 5) is 56.0. The van der Waals surface area contributed by atoms with Crippen molar-refractivity contribution < 1.29 is 33.9 Å². The van der Waals surface area contributed by atoms with Gasteiger partial charge in [-0.1, -0.05) is 0 Å². The molecule has 2 rings (SSSR count). The molecule has 0 unspecified atom stereocenters. The van der Waals surface area contributed by atoms with Gasteiger partial charge in [0.2, 0.25) is 5.91 Å². The molecule has 10 nitrogen and oxygen atoms in total. The molecule has 2 N–H and O–H groups in total. The molecule has 0 aromatic heterocycles. The summed E-state index contributed by atoms with van der Waals surface area (Å²) in [7, 11) is 0. The zero-order chi connectivity index (χ0) is 21.4. The Balaban J connectivity index is 1.87. The van der Waals surface area contributed by atoms with Crippen LogP contribution in [-0.2, 0) is 14.3 Å². The van der Waals surface area contributed by atoms with Crippen molar-refractivity contribution in [3.63, 3.8) is 0 Å². The Hall–Kier alpha value is -4.08. The van der Waals surface area contributed by atoms with Crippen molar-refractivity contribution >= 4 is 35.0 Å². The minimum Gasteiger partial charge on any atom is -0.481 e. The number of nitrogens with one attached hydrogen (secondary N) is 1. The predicted molar refractivity (Wildman–Crippen MR) is 99.7 cm³/mol. The Morgan fingerprint density at radius 3 is 2.07 bits per heavy atom. The Morgan fingerprint density at radius 1 is 0.931 bits per heavy atom. The maximum atomic E-state index is 12.0. The normalized spacial score (nSPS) is 10.1. The molecule has 0 aliphatic carbocycles. The highest BCUT2D eigenvalue weighted by atomic mass is 16.6. The summed E-state index contributed by atoms with van der Waals surface area (Å²) < 4.78 is 4.93. The highest BCUT2D eigenvalue weighted by Crippen LogP contribution is 2.14. The zero-order valence-electron chi connectivity index (χ0n) is 15.0. The lowest BCUT2D eigenvalue weighted by atomic mass is 10.1. The SMILES string of the molecule is O=C(O)CCC(=O)Nc1ccc(C(=O)OCC(=O)c2ccc([N+](=O)[O-])cc2)cc1. The van der Waals surface area contributed by atoms with Crippen LogP contribution in [0.1, 0.15) is 33.6 Å². The van der Waals surface area contributed by atoms with Crippen molar-refractivity contribution in [2.75, 3.05) is 11.9 Å². The number of anilines is 1. The number of carboxylic acids is 1. The van der Waals surface area contributed by atoms with Crippen molar-refractivity contribution in [3.05, 3.63) is 69.8 Å². The van der Waals surface area contributed by atoms with E-state index in [0.717, 1.165) is 0 Å². The van der Waals surface area contributed by atoms with E-state index in [0.29, 0.717) is 5.69 Å². The summed E-state index contributed by atoms with van der Waals surface area (Å²) in [6.45, 7) is -0.537. The first-order valence-corrected chi connectivity index (χ1v) is 8.33. The van der Waals surface area contributed by atoms with Gasteiger partial charge in [0.25, 0.3) is 5.69 Å². The molecule has 29 heavy (non-hydrogen) atoms. The second-order valence-corrected chi connectivity index (χ2v) is 5.82. The van der Waals surface area contributed by atoms with E-state index in [-0.39, 0.29) is 29.7 Å². The molecular formula is C19H16N2O8. The van der Waals surface area contributed by atoms with Crippen molar-refractivity contribution in [3.8, 4) is 0 Å². The molecule has 0 aliphatic rings. The molecule has 2 aromatic carbocycles. The lowest BCUT2D eigenvalue weighted by molar-refractivity contribution is -0.384. The first-order valence-electron chi connectivity index (χ1n) is 8.33. The Labute approximate surface area is 164 Å². The van der Waals surface area contributed by atoms with E-state index >= 15 is 0 Å². The number of carbonyl (C=O) groups excluding carboxylic acids is 3. The van der Waals surface area contributed by atoms with E-state index in [1.807, 2.05) is 0 Å². The standard InChI is InChI=1S/C19H16N2O8/c22-16(12-3-7-15(8-4-12)21(27)28)11-29-19(26)13-1-5-14(6-2-13)20-17(23)9-10-18(24)25/h1-8H,9-11H2,(H,20,23)(H,24,25). The van der Waals surface area contributed by atoms with Crippen molar-refractivity contribution in [1.82, 2.24) is 0 Å². The largest absolute Gasteiger partial charge is 0.481 e. The molecule has 0 atom stereocenters. The van der Waals surface area contributed by atoms with Gasteiger partial charge in [-0.2, -0.15) is 0 Å². The summed E-state index contributed by atoms with van der Waals surface area (Å²) in [5, 5.41) is 21.6. The molecule has 0 bridgehead atoms. The van der Waals surface area contributed by atoms with Gasteiger partial charge in [0.1, 0.15) is 0 Å². The van der Waals surface area contributed by atoms with E-state index in [4.69, 9.17) is 9.84 Å². The molecule has 10 heteroatoms. The topological polar surface area (TPSA) is 153 Å². The highest BCUT2D eigenvalue weighted by Gasteiger charge is 2.14. The molecule has 0 aliphatic heterocycles. The van der Waals surface area contributed by atoms with Crippen LogP contribution < -0.4 is 5.32 Å². The van der Waals surface area contributed by atoms with Crippen LogP contribution in [0, 0.1) is 10.1 Å². The third-order valence-corrected chi connectivity index (χ3v) is 3.70. The van der Waals surface area contributed by atoms with Gasteiger partial charge in [-0.25, -0.2) is 4.79 Å². The number of nitro benzene ring substituents is 1. The number of nitrogens with zero attached hydrogens (tertiary/aromatic N) is 1. The summed E-state index contributed by atoms with van der Waals surface area (Å²) in [5.41, 5.74) is 0.528. The maximum Gasteiger partial charge on any atom is 0.338 e. The second kappa shape index (κ2) is 9.74. The lowest BCUT2D eigenvalue weighted by Crippen LogP contribution is -2.15. The van der Waals surface area contributed by atoms with E-state index < -0.39 is 35.2 Å². The van der Waals surface area contributed by atoms with Gasteiger partial charge in [-0.3, -0.25) is 24.5 Å². The fraction of sp³-hybridized carbons (Fsp3) is 0.158. The van der Waals surface area contributed by atoms with E-state index in [1.165, 1.54) is 48.5 Å². The van der Waals surface area contributed by atoms with E-state index in [2.05, 4.69) is 5.32 Å². The average Bonchev–Trinajstić information content (AvgIpc) is 2.70. The number of nitro groups is 1. The summed E-state index contributed by atoms with van der Waals surface area (Å²) in [5.74, 6) is -2.84.